The Kier molecular flexibility index (Phi) is 6.34. The molecule has 34 heavy (non-hydrogen) atoms. The summed E-state index contributed by atoms with van der Waals surface area (Å²) >= 11 is 0. The minimum atomic E-state index is 0.985. The van der Waals surface area contributed by atoms with Gasteiger partial charge < -0.3 is 0 Å². The average molecular weight is 431 g/mol. The van der Waals surface area contributed by atoms with Crippen LogP contribution in [0.15, 0.2) is 144 Å². The van der Waals surface area contributed by atoms with E-state index in [4.69, 9.17) is 0 Å². The van der Waals surface area contributed by atoms with Crippen LogP contribution in [0.2, 0.25) is 0 Å². The fourth-order valence-electron chi connectivity index (χ4n) is 3.78. The van der Waals surface area contributed by atoms with Crippen LogP contribution in [0.5, 0.6) is 0 Å². The Morgan fingerprint density at radius 1 is 0.353 bits per heavy atom. The van der Waals surface area contributed by atoms with Gasteiger partial charge in [-0.1, -0.05) is 121 Å². The molecule has 158 valence electrons. The van der Waals surface area contributed by atoms with E-state index in [1.165, 1.54) is 0 Å². The second-order valence-electron chi connectivity index (χ2n) is 7.92. The largest absolute Gasteiger partial charge is 0.0622 e. The lowest BCUT2D eigenvalue weighted by Gasteiger charge is -2.25. The Hall–Kier alpha value is -4.78. The van der Waals surface area contributed by atoms with Gasteiger partial charge in [-0.05, 0) is 47.5 Å². The van der Waals surface area contributed by atoms with Crippen LogP contribution in [0, 0.1) is 23.7 Å². The highest BCUT2D eigenvalue weighted by Crippen LogP contribution is 2.42. The molecule has 0 fully saturated rings. The predicted molar refractivity (Wildman–Crippen MR) is 143 cm³/mol. The van der Waals surface area contributed by atoms with Crippen molar-refractivity contribution in [2.24, 2.45) is 0 Å². The molecule has 0 radical (unpaired) electrons. The third-order valence-electron chi connectivity index (χ3n) is 5.51. The fraction of sp³-hybridized carbons (Fsp3) is 0. The van der Waals surface area contributed by atoms with Gasteiger partial charge in [-0.3, -0.25) is 0 Å². The minimum Gasteiger partial charge on any atom is -0.0622 e. The molecular weight excluding hydrogens is 408 g/mol. The monoisotopic (exact) mass is 430 g/mol. The van der Waals surface area contributed by atoms with Crippen molar-refractivity contribution >= 4 is 12.2 Å². The van der Waals surface area contributed by atoms with Gasteiger partial charge in [-0.2, -0.15) is 0 Å². The third kappa shape index (κ3) is 4.99. The van der Waals surface area contributed by atoms with Gasteiger partial charge in [0, 0.05) is 33.4 Å². The molecule has 1 aliphatic rings. The van der Waals surface area contributed by atoms with E-state index in [9.17, 15) is 0 Å². The van der Waals surface area contributed by atoms with Gasteiger partial charge in [0.2, 0.25) is 0 Å². The first-order valence-corrected chi connectivity index (χ1v) is 11.3. The van der Waals surface area contributed by atoms with Crippen molar-refractivity contribution in [1.29, 1.82) is 0 Å². The van der Waals surface area contributed by atoms with Crippen molar-refractivity contribution < 1.29 is 0 Å². The van der Waals surface area contributed by atoms with E-state index in [1.807, 2.05) is 72.8 Å². The Balaban J connectivity index is 1.67. The Morgan fingerprint density at radius 3 is 1.03 bits per heavy atom. The van der Waals surface area contributed by atoms with Gasteiger partial charge in [-0.25, -0.2) is 0 Å². The highest BCUT2D eigenvalue weighted by molar-refractivity contribution is 5.91. The minimum absolute atomic E-state index is 0.985. The fourth-order valence-corrected chi connectivity index (χ4v) is 3.78. The van der Waals surface area contributed by atoms with Crippen LogP contribution in [0.1, 0.15) is 22.3 Å². The standard InChI is InChI=1S/C34H22/c1-5-13-27(14-6-1)21-23-31-32(24-22-28-15-7-2-8-16-28)34(26-30-19-11-4-12-20-30)33(31)25-29-17-9-3-10-18-29/h1-20,25-26H. The molecule has 0 spiro atoms. The van der Waals surface area contributed by atoms with E-state index in [2.05, 4.69) is 84.4 Å². The lowest BCUT2D eigenvalue weighted by atomic mass is 9.76. The van der Waals surface area contributed by atoms with Crippen molar-refractivity contribution in [3.05, 3.63) is 166 Å². The third-order valence-corrected chi connectivity index (χ3v) is 5.51. The quantitative estimate of drug-likeness (QED) is 0.288. The van der Waals surface area contributed by atoms with Crippen LogP contribution in [0.25, 0.3) is 12.2 Å². The van der Waals surface area contributed by atoms with Crippen LogP contribution in [-0.4, -0.2) is 0 Å². The second-order valence-corrected chi connectivity index (χ2v) is 7.92. The summed E-state index contributed by atoms with van der Waals surface area (Å²) < 4.78 is 0. The highest BCUT2D eigenvalue weighted by Gasteiger charge is 2.27. The molecule has 0 aromatic heterocycles. The summed E-state index contributed by atoms with van der Waals surface area (Å²) in [5.74, 6) is 13.5. The smallest absolute Gasteiger partial charge is 0.0491 e. The van der Waals surface area contributed by atoms with Crippen molar-refractivity contribution in [2.75, 3.05) is 0 Å². The molecule has 4 aromatic carbocycles. The zero-order valence-corrected chi connectivity index (χ0v) is 18.7. The maximum Gasteiger partial charge on any atom is 0.0491 e. The van der Waals surface area contributed by atoms with Crippen molar-refractivity contribution in [2.45, 2.75) is 0 Å². The van der Waals surface area contributed by atoms with Gasteiger partial charge in [0.25, 0.3) is 0 Å². The number of benzene rings is 4. The van der Waals surface area contributed by atoms with E-state index in [0.29, 0.717) is 0 Å². The summed E-state index contributed by atoms with van der Waals surface area (Å²) in [4.78, 5) is 0. The first kappa shape index (κ1) is 21.1. The number of rotatable bonds is 2. The van der Waals surface area contributed by atoms with Crippen molar-refractivity contribution in [3.63, 3.8) is 0 Å². The van der Waals surface area contributed by atoms with Gasteiger partial charge in [-0.15, -0.1) is 0 Å². The Morgan fingerprint density at radius 2 is 0.676 bits per heavy atom. The molecule has 0 nitrogen and oxygen atoms in total. The van der Waals surface area contributed by atoms with Crippen molar-refractivity contribution in [3.8, 4) is 23.7 Å². The summed E-state index contributed by atoms with van der Waals surface area (Å²) in [5, 5.41) is 0. The molecule has 0 saturated carbocycles. The van der Waals surface area contributed by atoms with Crippen LogP contribution in [0.3, 0.4) is 0 Å². The normalized spacial score (nSPS) is 14.6. The zero-order chi connectivity index (χ0) is 23.0. The molecule has 0 unspecified atom stereocenters. The molecule has 0 amide bonds. The Bertz CT molecular complexity index is 1380. The van der Waals surface area contributed by atoms with Crippen LogP contribution in [-0.2, 0) is 0 Å². The van der Waals surface area contributed by atoms with E-state index < -0.39 is 0 Å². The van der Waals surface area contributed by atoms with Gasteiger partial charge in [0.05, 0.1) is 0 Å². The average Bonchev–Trinajstić information content (AvgIpc) is 2.91. The number of allylic oxidation sites excluding steroid dienone is 4. The number of hydrogen-bond donors (Lipinski definition) is 0. The van der Waals surface area contributed by atoms with Gasteiger partial charge in [0.1, 0.15) is 0 Å². The number of hydrogen-bond acceptors (Lipinski definition) is 0. The first-order chi connectivity index (χ1) is 16.9. The summed E-state index contributed by atoms with van der Waals surface area (Å²) in [6.07, 6.45) is 4.41. The second kappa shape index (κ2) is 10.2. The molecule has 0 bridgehead atoms. The van der Waals surface area contributed by atoms with E-state index in [0.717, 1.165) is 44.5 Å². The van der Waals surface area contributed by atoms with Gasteiger partial charge >= 0.3 is 0 Å². The predicted octanol–water partition coefficient (Wildman–Crippen LogP) is 7.57. The van der Waals surface area contributed by atoms with Crippen molar-refractivity contribution in [1.82, 2.24) is 0 Å². The Labute approximate surface area is 201 Å². The summed E-state index contributed by atoms with van der Waals surface area (Å²) in [5.41, 5.74) is 8.48. The van der Waals surface area contributed by atoms with Crippen LogP contribution >= 0.6 is 0 Å². The molecule has 0 heteroatoms. The molecule has 0 atom stereocenters. The van der Waals surface area contributed by atoms with Gasteiger partial charge in [0.15, 0.2) is 0 Å². The zero-order valence-electron chi connectivity index (χ0n) is 18.7. The molecular formula is C34H22. The molecule has 0 N–H and O–H groups in total. The summed E-state index contributed by atoms with van der Waals surface area (Å²) in [7, 11) is 0. The summed E-state index contributed by atoms with van der Waals surface area (Å²) in [6, 6.07) is 40.9. The maximum absolute atomic E-state index is 3.43. The first-order valence-electron chi connectivity index (χ1n) is 11.3. The topological polar surface area (TPSA) is 0 Å². The van der Waals surface area contributed by atoms with Crippen LogP contribution in [0.4, 0.5) is 0 Å². The van der Waals surface area contributed by atoms with E-state index in [-0.39, 0.29) is 0 Å². The maximum atomic E-state index is 3.43. The van der Waals surface area contributed by atoms with E-state index >= 15 is 0 Å². The molecule has 1 aliphatic carbocycles. The summed E-state index contributed by atoms with van der Waals surface area (Å²) in [6.45, 7) is 0. The molecule has 0 saturated heterocycles. The molecule has 4 aromatic rings. The molecule has 0 heterocycles. The molecule has 5 rings (SSSR count). The van der Waals surface area contributed by atoms with E-state index in [1.54, 1.807) is 0 Å². The molecule has 0 aliphatic heterocycles. The lowest BCUT2D eigenvalue weighted by molar-refractivity contribution is 1.34. The lowest BCUT2D eigenvalue weighted by Crippen LogP contribution is -2.11. The SMILES string of the molecule is C(#Cc1ccccc1)C1=C(C#Cc2ccccc2)C(=Cc2ccccc2)C1=Cc1ccccc1. The highest BCUT2D eigenvalue weighted by atomic mass is 14.3. The van der Waals surface area contributed by atoms with Crippen LogP contribution < -0.4 is 0 Å².